The molecular weight excluding hydrogens is 258 g/mol. The van der Waals surface area contributed by atoms with Crippen molar-refractivity contribution in [3.63, 3.8) is 0 Å². The molecule has 19 heavy (non-hydrogen) atoms. The summed E-state index contributed by atoms with van der Waals surface area (Å²) in [7, 11) is 0. The standard InChI is InChI=1S/C8H13N7O4/c1-3(6-12-14-15-13-6)10-8(19)11-4(7(17)18)2-5(9)16/h3-4H,2H2,1H3,(H2,9,16)(H,17,18)(H2,10,11,19)(H,12,13,14,15)/t3?,4-/m0/s1. The lowest BCUT2D eigenvalue weighted by Gasteiger charge is -2.15. The van der Waals surface area contributed by atoms with Gasteiger partial charge in [0.1, 0.15) is 6.04 Å². The second kappa shape index (κ2) is 6.28. The monoisotopic (exact) mass is 271 g/mol. The highest BCUT2D eigenvalue weighted by Crippen LogP contribution is 2.02. The molecule has 11 nitrogen and oxygen atoms in total. The van der Waals surface area contributed by atoms with Crippen molar-refractivity contribution in [1.82, 2.24) is 31.3 Å². The summed E-state index contributed by atoms with van der Waals surface area (Å²) in [6, 6.07) is -2.76. The number of tetrazole rings is 1. The molecule has 0 aliphatic rings. The summed E-state index contributed by atoms with van der Waals surface area (Å²) in [6.45, 7) is 1.58. The first kappa shape index (κ1) is 14.3. The van der Waals surface area contributed by atoms with Crippen LogP contribution in [-0.2, 0) is 9.59 Å². The van der Waals surface area contributed by atoms with Crippen LogP contribution >= 0.6 is 0 Å². The van der Waals surface area contributed by atoms with Crippen molar-refractivity contribution >= 4 is 17.9 Å². The van der Waals surface area contributed by atoms with Crippen molar-refractivity contribution in [3.05, 3.63) is 5.82 Å². The van der Waals surface area contributed by atoms with Crippen molar-refractivity contribution < 1.29 is 19.5 Å². The fraction of sp³-hybridized carbons (Fsp3) is 0.500. The van der Waals surface area contributed by atoms with E-state index in [0.717, 1.165) is 0 Å². The molecule has 0 saturated heterocycles. The number of nitrogens with two attached hydrogens (primary N) is 1. The summed E-state index contributed by atoms with van der Waals surface area (Å²) in [5.41, 5.74) is 4.88. The summed E-state index contributed by atoms with van der Waals surface area (Å²) >= 11 is 0. The summed E-state index contributed by atoms with van der Waals surface area (Å²) in [5.74, 6) is -1.96. The minimum atomic E-state index is -1.39. The molecule has 0 fully saturated rings. The maximum Gasteiger partial charge on any atom is 0.326 e. The first-order valence-electron chi connectivity index (χ1n) is 5.21. The number of rotatable bonds is 6. The Bertz CT molecular complexity index is 460. The van der Waals surface area contributed by atoms with E-state index in [-0.39, 0.29) is 5.82 Å². The third kappa shape index (κ3) is 4.57. The topological polar surface area (TPSA) is 176 Å². The summed E-state index contributed by atoms with van der Waals surface area (Å²) in [4.78, 5) is 33.0. The molecule has 2 atom stereocenters. The van der Waals surface area contributed by atoms with Gasteiger partial charge in [0.05, 0.1) is 12.5 Å². The molecule has 0 bridgehead atoms. The second-order valence-corrected chi connectivity index (χ2v) is 3.67. The molecule has 1 aromatic rings. The molecule has 1 aromatic heterocycles. The fourth-order valence-corrected chi connectivity index (χ4v) is 1.22. The number of carboxylic acids is 1. The number of urea groups is 1. The molecule has 1 rings (SSSR count). The van der Waals surface area contributed by atoms with Gasteiger partial charge in [-0.2, -0.15) is 5.21 Å². The molecule has 0 aromatic carbocycles. The Morgan fingerprint density at radius 2 is 2.11 bits per heavy atom. The van der Waals surface area contributed by atoms with E-state index in [0.29, 0.717) is 0 Å². The highest BCUT2D eigenvalue weighted by atomic mass is 16.4. The lowest BCUT2D eigenvalue weighted by molar-refractivity contribution is -0.140. The number of carbonyl (C=O) groups excluding carboxylic acids is 2. The van der Waals surface area contributed by atoms with E-state index in [2.05, 4.69) is 31.3 Å². The van der Waals surface area contributed by atoms with Crippen LogP contribution in [0.5, 0.6) is 0 Å². The van der Waals surface area contributed by atoms with Gasteiger partial charge in [-0.05, 0) is 6.92 Å². The maximum absolute atomic E-state index is 11.5. The van der Waals surface area contributed by atoms with Crippen LogP contribution in [0.1, 0.15) is 25.2 Å². The maximum atomic E-state index is 11.5. The number of H-pyrrole nitrogens is 1. The molecule has 1 unspecified atom stereocenters. The van der Waals surface area contributed by atoms with Crippen molar-refractivity contribution in [3.8, 4) is 0 Å². The first-order valence-corrected chi connectivity index (χ1v) is 5.21. The van der Waals surface area contributed by atoms with Crippen molar-refractivity contribution in [2.75, 3.05) is 0 Å². The lowest BCUT2D eigenvalue weighted by Crippen LogP contribution is -2.48. The summed E-state index contributed by atoms with van der Waals surface area (Å²) < 4.78 is 0. The number of nitrogens with one attached hydrogen (secondary N) is 3. The third-order valence-corrected chi connectivity index (χ3v) is 2.11. The zero-order valence-corrected chi connectivity index (χ0v) is 9.95. The molecule has 3 amide bonds. The Morgan fingerprint density at radius 3 is 2.58 bits per heavy atom. The number of primary amides is 1. The van der Waals surface area contributed by atoms with Gasteiger partial charge >= 0.3 is 12.0 Å². The summed E-state index contributed by atoms with van der Waals surface area (Å²) in [6.07, 6.45) is -0.501. The van der Waals surface area contributed by atoms with E-state index in [1.165, 1.54) is 0 Å². The smallest absolute Gasteiger partial charge is 0.326 e. The molecule has 1 heterocycles. The number of amides is 3. The zero-order valence-electron chi connectivity index (χ0n) is 9.95. The van der Waals surface area contributed by atoms with E-state index in [9.17, 15) is 14.4 Å². The van der Waals surface area contributed by atoms with Gasteiger partial charge in [0.25, 0.3) is 0 Å². The van der Waals surface area contributed by atoms with Crippen LogP contribution in [0.2, 0.25) is 0 Å². The number of carboxylic acid groups (broad SMARTS) is 1. The van der Waals surface area contributed by atoms with Crippen LogP contribution in [-0.4, -0.2) is 49.7 Å². The predicted molar refractivity (Wildman–Crippen MR) is 59.5 cm³/mol. The van der Waals surface area contributed by atoms with Crippen molar-refractivity contribution in [2.24, 2.45) is 5.73 Å². The largest absolute Gasteiger partial charge is 0.480 e. The molecule has 0 saturated carbocycles. The van der Waals surface area contributed by atoms with Crippen LogP contribution in [0, 0.1) is 0 Å². The van der Waals surface area contributed by atoms with E-state index >= 15 is 0 Å². The van der Waals surface area contributed by atoms with Gasteiger partial charge in [-0.25, -0.2) is 9.59 Å². The third-order valence-electron chi connectivity index (χ3n) is 2.11. The van der Waals surface area contributed by atoms with Gasteiger partial charge in [0, 0.05) is 0 Å². The molecule has 0 aliphatic heterocycles. The van der Waals surface area contributed by atoms with Gasteiger partial charge < -0.3 is 21.5 Å². The number of aromatic nitrogens is 4. The molecule has 11 heteroatoms. The molecule has 104 valence electrons. The Balaban J connectivity index is 2.53. The molecule has 6 N–H and O–H groups in total. The van der Waals surface area contributed by atoms with Gasteiger partial charge in [0.2, 0.25) is 5.91 Å². The molecule has 0 aliphatic carbocycles. The van der Waals surface area contributed by atoms with Crippen LogP contribution in [0.3, 0.4) is 0 Å². The van der Waals surface area contributed by atoms with Crippen LogP contribution in [0.15, 0.2) is 0 Å². The van der Waals surface area contributed by atoms with Gasteiger partial charge in [-0.1, -0.05) is 5.21 Å². The first-order chi connectivity index (χ1) is 8.90. The highest BCUT2D eigenvalue weighted by Gasteiger charge is 2.23. The minimum absolute atomic E-state index is 0.233. The SMILES string of the molecule is CC(NC(=O)N[C@@H](CC(N)=O)C(=O)O)c1nn[nH]n1. The highest BCUT2D eigenvalue weighted by molar-refractivity contribution is 5.87. The molecule has 0 spiro atoms. The van der Waals surface area contributed by atoms with E-state index < -0.39 is 36.4 Å². The number of aliphatic carboxylic acids is 1. The normalized spacial score (nSPS) is 13.3. The Hall–Kier alpha value is -2.72. The van der Waals surface area contributed by atoms with Crippen LogP contribution < -0.4 is 16.4 Å². The number of carbonyl (C=O) groups is 3. The molecule has 0 radical (unpaired) electrons. The average Bonchev–Trinajstić information content (AvgIpc) is 2.80. The Labute approximate surface area is 106 Å². The Kier molecular flexibility index (Phi) is 4.74. The van der Waals surface area contributed by atoms with Gasteiger partial charge in [0.15, 0.2) is 5.82 Å². The van der Waals surface area contributed by atoms with Crippen molar-refractivity contribution in [1.29, 1.82) is 0 Å². The predicted octanol–water partition coefficient (Wildman–Crippen LogP) is -2.11. The zero-order chi connectivity index (χ0) is 14.4. The van der Waals surface area contributed by atoms with Crippen molar-refractivity contribution in [2.45, 2.75) is 25.4 Å². The second-order valence-electron chi connectivity index (χ2n) is 3.67. The minimum Gasteiger partial charge on any atom is -0.480 e. The summed E-state index contributed by atoms with van der Waals surface area (Å²) in [5, 5.41) is 26.1. The fourth-order valence-electron chi connectivity index (χ4n) is 1.22. The van der Waals surface area contributed by atoms with Gasteiger partial charge in [-0.3, -0.25) is 4.79 Å². The Morgan fingerprint density at radius 1 is 1.42 bits per heavy atom. The number of aromatic amines is 1. The number of nitrogens with zero attached hydrogens (tertiary/aromatic N) is 3. The number of hydrogen-bond acceptors (Lipinski definition) is 6. The quantitative estimate of drug-likeness (QED) is 0.393. The number of hydrogen-bond donors (Lipinski definition) is 5. The van der Waals surface area contributed by atoms with E-state index in [1.54, 1.807) is 6.92 Å². The lowest BCUT2D eigenvalue weighted by atomic mass is 10.2. The van der Waals surface area contributed by atoms with E-state index in [1.807, 2.05) is 0 Å². The van der Waals surface area contributed by atoms with Crippen LogP contribution in [0.25, 0.3) is 0 Å². The molecular formula is C8H13N7O4. The van der Waals surface area contributed by atoms with Crippen LogP contribution in [0.4, 0.5) is 4.79 Å². The average molecular weight is 271 g/mol. The van der Waals surface area contributed by atoms with E-state index in [4.69, 9.17) is 10.8 Å². The van der Waals surface area contributed by atoms with Gasteiger partial charge in [-0.15, -0.1) is 10.2 Å².